The lowest BCUT2D eigenvalue weighted by Gasteiger charge is -2.12. The van der Waals surface area contributed by atoms with Crippen molar-refractivity contribution >= 4 is 52.7 Å². The molecule has 0 spiro atoms. The van der Waals surface area contributed by atoms with Gasteiger partial charge in [0, 0.05) is 26.7 Å². The van der Waals surface area contributed by atoms with Gasteiger partial charge in [-0.25, -0.2) is 4.98 Å². The number of aromatic nitrogens is 2. The van der Waals surface area contributed by atoms with Crippen LogP contribution in [0.4, 0.5) is 0 Å². The number of imidazole rings is 1. The van der Waals surface area contributed by atoms with Gasteiger partial charge in [0.25, 0.3) is 0 Å². The lowest BCUT2D eigenvalue weighted by molar-refractivity contribution is 0.733. The molecule has 0 aliphatic carbocycles. The van der Waals surface area contributed by atoms with Crippen LogP contribution in [0.15, 0.2) is 59.9 Å². The minimum absolute atomic E-state index is 0. The summed E-state index contributed by atoms with van der Waals surface area (Å²) in [6.07, 6.45) is 6.46. The highest BCUT2D eigenvalue weighted by Crippen LogP contribution is 2.14. The molecule has 2 aromatic carbocycles. The van der Waals surface area contributed by atoms with E-state index < -0.39 is 0 Å². The van der Waals surface area contributed by atoms with Gasteiger partial charge < -0.3 is 15.2 Å². The molecule has 0 radical (unpaired) electrons. The Labute approximate surface area is 194 Å². The molecule has 0 atom stereocenters. The Balaban J connectivity index is 0.00000300. The highest BCUT2D eigenvalue weighted by molar-refractivity contribution is 14.0. The first kappa shape index (κ1) is 23.5. The molecule has 0 saturated carbocycles. The minimum Gasteiger partial charge on any atom is -0.356 e. The van der Waals surface area contributed by atoms with Crippen molar-refractivity contribution in [1.82, 2.24) is 20.2 Å². The van der Waals surface area contributed by atoms with Crippen LogP contribution in [0.3, 0.4) is 0 Å². The molecule has 29 heavy (non-hydrogen) atoms. The second kappa shape index (κ2) is 12.7. The highest BCUT2D eigenvalue weighted by Gasteiger charge is 2.03. The summed E-state index contributed by atoms with van der Waals surface area (Å²) in [6.45, 7) is 2.55. The molecule has 156 valence electrons. The third-order valence-corrected chi connectivity index (χ3v) is 5.35. The van der Waals surface area contributed by atoms with Gasteiger partial charge in [0.2, 0.25) is 0 Å². The molecule has 1 aromatic heterocycles. The molecule has 0 unspecified atom stereocenters. The lowest BCUT2D eigenvalue weighted by Crippen LogP contribution is -2.37. The average molecular weight is 523 g/mol. The molecule has 3 aromatic rings. The van der Waals surface area contributed by atoms with E-state index in [4.69, 9.17) is 0 Å². The highest BCUT2D eigenvalue weighted by atomic mass is 127. The first-order valence-electron chi connectivity index (χ1n) is 9.71. The summed E-state index contributed by atoms with van der Waals surface area (Å²) < 4.78 is 2.19. The monoisotopic (exact) mass is 523 g/mol. The standard InChI is InChI=1S/C22H29N5S.HI/c1-23-22(24-13-5-6-14-28-2)25-15-18-9-11-19(12-10-18)16-27-17-26-20-7-3-4-8-21(20)27;/h3-4,7-12,17H,5-6,13-16H2,1-2H3,(H2,23,24,25);1H. The Morgan fingerprint density at radius 1 is 1.03 bits per heavy atom. The maximum Gasteiger partial charge on any atom is 0.191 e. The first-order valence-corrected chi connectivity index (χ1v) is 11.1. The smallest absolute Gasteiger partial charge is 0.191 e. The number of guanidine groups is 1. The molecule has 0 fully saturated rings. The van der Waals surface area contributed by atoms with Crippen molar-refractivity contribution in [3.8, 4) is 0 Å². The van der Waals surface area contributed by atoms with Crippen LogP contribution in [-0.2, 0) is 13.1 Å². The van der Waals surface area contributed by atoms with Gasteiger partial charge in [-0.05, 0) is 48.1 Å². The van der Waals surface area contributed by atoms with Crippen molar-refractivity contribution in [2.45, 2.75) is 25.9 Å². The fourth-order valence-electron chi connectivity index (χ4n) is 3.08. The average Bonchev–Trinajstić information content (AvgIpc) is 3.14. The van der Waals surface area contributed by atoms with Crippen molar-refractivity contribution < 1.29 is 0 Å². The number of fused-ring (bicyclic) bond motifs is 1. The van der Waals surface area contributed by atoms with Crippen LogP contribution >= 0.6 is 35.7 Å². The summed E-state index contributed by atoms with van der Waals surface area (Å²) >= 11 is 1.90. The van der Waals surface area contributed by atoms with Gasteiger partial charge in [0.05, 0.1) is 17.4 Å². The van der Waals surface area contributed by atoms with Crippen molar-refractivity contribution in [3.05, 3.63) is 66.0 Å². The van der Waals surface area contributed by atoms with E-state index in [1.54, 1.807) is 0 Å². The van der Waals surface area contributed by atoms with Crippen LogP contribution in [0.5, 0.6) is 0 Å². The van der Waals surface area contributed by atoms with E-state index in [2.05, 4.69) is 67.8 Å². The Morgan fingerprint density at radius 2 is 1.79 bits per heavy atom. The summed E-state index contributed by atoms with van der Waals surface area (Å²) in [5, 5.41) is 6.76. The summed E-state index contributed by atoms with van der Waals surface area (Å²) in [6, 6.07) is 17.0. The van der Waals surface area contributed by atoms with Crippen molar-refractivity contribution in [3.63, 3.8) is 0 Å². The number of nitrogens with one attached hydrogen (secondary N) is 2. The Hall–Kier alpha value is -1.74. The number of unbranched alkanes of at least 4 members (excludes halogenated alkanes) is 1. The number of hydrogen-bond donors (Lipinski definition) is 2. The zero-order valence-electron chi connectivity index (χ0n) is 17.1. The Morgan fingerprint density at radius 3 is 2.55 bits per heavy atom. The molecule has 5 nitrogen and oxygen atoms in total. The predicted octanol–water partition coefficient (Wildman–Crippen LogP) is 4.51. The van der Waals surface area contributed by atoms with E-state index >= 15 is 0 Å². The fraction of sp³-hybridized carbons (Fsp3) is 0.364. The van der Waals surface area contributed by atoms with Gasteiger partial charge >= 0.3 is 0 Å². The fourth-order valence-corrected chi connectivity index (χ4v) is 3.57. The van der Waals surface area contributed by atoms with Crippen LogP contribution in [-0.4, -0.2) is 41.1 Å². The van der Waals surface area contributed by atoms with E-state index in [1.165, 1.54) is 35.2 Å². The van der Waals surface area contributed by atoms with E-state index in [1.807, 2.05) is 37.3 Å². The number of nitrogens with zero attached hydrogens (tertiary/aromatic N) is 3. The number of hydrogen-bond acceptors (Lipinski definition) is 3. The van der Waals surface area contributed by atoms with Crippen LogP contribution in [0.2, 0.25) is 0 Å². The van der Waals surface area contributed by atoms with E-state index in [-0.39, 0.29) is 24.0 Å². The summed E-state index contributed by atoms with van der Waals surface area (Å²) in [4.78, 5) is 8.76. The predicted molar refractivity (Wildman–Crippen MR) is 137 cm³/mol. The van der Waals surface area contributed by atoms with Crippen LogP contribution in [0, 0.1) is 0 Å². The van der Waals surface area contributed by atoms with Crippen LogP contribution < -0.4 is 10.6 Å². The summed E-state index contributed by atoms with van der Waals surface area (Å²) in [5.41, 5.74) is 4.71. The van der Waals surface area contributed by atoms with Crippen molar-refractivity contribution in [2.24, 2.45) is 4.99 Å². The zero-order valence-corrected chi connectivity index (χ0v) is 20.2. The number of thioether (sulfide) groups is 1. The Kier molecular flexibility index (Phi) is 10.3. The molecule has 0 bridgehead atoms. The third kappa shape index (κ3) is 7.22. The minimum atomic E-state index is 0. The lowest BCUT2D eigenvalue weighted by atomic mass is 10.1. The molecule has 0 amide bonds. The maximum absolute atomic E-state index is 4.46. The quantitative estimate of drug-likeness (QED) is 0.188. The van der Waals surface area contributed by atoms with Crippen molar-refractivity contribution in [2.75, 3.05) is 25.6 Å². The molecular formula is C22H30IN5S. The molecule has 0 saturated heterocycles. The summed E-state index contributed by atoms with van der Waals surface area (Å²) in [7, 11) is 1.82. The van der Waals surface area contributed by atoms with E-state index in [0.29, 0.717) is 0 Å². The van der Waals surface area contributed by atoms with Crippen molar-refractivity contribution in [1.29, 1.82) is 0 Å². The molecule has 2 N–H and O–H groups in total. The van der Waals surface area contributed by atoms with Gasteiger partial charge in [-0.2, -0.15) is 11.8 Å². The van der Waals surface area contributed by atoms with Gasteiger partial charge in [-0.3, -0.25) is 4.99 Å². The van der Waals surface area contributed by atoms with Gasteiger partial charge in [0.1, 0.15) is 0 Å². The molecule has 1 heterocycles. The number of rotatable bonds is 9. The van der Waals surface area contributed by atoms with Gasteiger partial charge in [0.15, 0.2) is 5.96 Å². The normalized spacial score (nSPS) is 11.3. The molecule has 0 aliphatic rings. The maximum atomic E-state index is 4.46. The number of benzene rings is 2. The molecule has 3 rings (SSSR count). The molecular weight excluding hydrogens is 493 g/mol. The number of halogens is 1. The molecule has 0 aliphatic heterocycles. The van der Waals surface area contributed by atoms with E-state index in [9.17, 15) is 0 Å². The topological polar surface area (TPSA) is 54.2 Å². The van der Waals surface area contributed by atoms with Gasteiger partial charge in [-0.15, -0.1) is 24.0 Å². The molecule has 7 heteroatoms. The largest absolute Gasteiger partial charge is 0.356 e. The SMILES string of the molecule is CN=C(NCCCCSC)NCc1ccc(Cn2cnc3ccccc32)cc1.I. The van der Waals surface area contributed by atoms with Crippen LogP contribution in [0.1, 0.15) is 24.0 Å². The number of para-hydroxylation sites is 2. The second-order valence-corrected chi connectivity index (χ2v) is 7.72. The second-order valence-electron chi connectivity index (χ2n) is 6.73. The van der Waals surface area contributed by atoms with Gasteiger partial charge in [-0.1, -0.05) is 36.4 Å². The third-order valence-electron chi connectivity index (χ3n) is 4.65. The number of aliphatic imine (C=N–C) groups is 1. The van der Waals surface area contributed by atoms with Crippen LogP contribution in [0.25, 0.3) is 11.0 Å². The van der Waals surface area contributed by atoms with E-state index in [0.717, 1.165) is 31.1 Å². The first-order chi connectivity index (χ1) is 13.8. The Bertz CT molecular complexity index is 892. The summed E-state index contributed by atoms with van der Waals surface area (Å²) in [5.74, 6) is 2.08. The zero-order chi connectivity index (χ0) is 19.6.